The molecule has 0 amide bonds. The number of aromatic nitrogens is 1. The number of aryl methyl sites for hydroxylation is 1. The number of furan rings is 1. The second-order valence-electron chi connectivity index (χ2n) is 13.4. The van der Waals surface area contributed by atoms with Crippen molar-refractivity contribution >= 4 is 55.5 Å². The quantitative estimate of drug-likeness (QED) is 0.181. The second-order valence-corrected chi connectivity index (χ2v) is 13.4. The van der Waals surface area contributed by atoms with E-state index in [2.05, 4.69) is 138 Å². The molecule has 0 atom stereocenters. The summed E-state index contributed by atoms with van der Waals surface area (Å²) in [5.74, 6) is 0.643. The summed E-state index contributed by atoms with van der Waals surface area (Å²) in [7, 11) is 0. The van der Waals surface area contributed by atoms with Crippen LogP contribution in [0.4, 0.5) is 5.69 Å². The molecule has 0 saturated carbocycles. The van der Waals surface area contributed by atoms with Crippen LogP contribution < -0.4 is 10.5 Å². The van der Waals surface area contributed by atoms with Crippen molar-refractivity contribution in [3.05, 3.63) is 168 Å². The Hall–Kier alpha value is -6.52. The van der Waals surface area contributed by atoms with Crippen LogP contribution in [-0.4, -0.2) is 4.57 Å². The van der Waals surface area contributed by atoms with Crippen LogP contribution in [0.5, 0.6) is 5.75 Å². The van der Waals surface area contributed by atoms with E-state index < -0.39 is 0 Å². The monoisotopic (exact) mass is 658 g/mol. The molecule has 9 aromatic rings. The maximum Gasteiger partial charge on any atom is 0.154 e. The third-order valence-electron chi connectivity index (χ3n) is 10.3. The Balaban J connectivity index is 0.984. The Kier molecular flexibility index (Phi) is 6.81. The minimum absolute atomic E-state index is 0.371. The number of hydrogen-bond acceptors (Lipinski definition) is 3. The first-order chi connectivity index (χ1) is 25.2. The van der Waals surface area contributed by atoms with Crippen molar-refractivity contribution in [2.75, 3.05) is 5.73 Å². The summed E-state index contributed by atoms with van der Waals surface area (Å²) >= 11 is 0. The SMILES string of the molecule is Nc1cc(-c2ccc(-c3ccc4c(c3)C=CCC4)cc2)c2oc3ccccc3c2c1OCc1ccc(-n2c3ccccc3c3ccccc32)cc1. The molecule has 2 aromatic heterocycles. The van der Waals surface area contributed by atoms with Gasteiger partial charge in [0.1, 0.15) is 17.8 Å². The van der Waals surface area contributed by atoms with Gasteiger partial charge in [-0.05, 0) is 88.7 Å². The minimum atomic E-state index is 0.371. The van der Waals surface area contributed by atoms with E-state index in [0.29, 0.717) is 18.0 Å². The third kappa shape index (κ3) is 4.91. The molecular weight excluding hydrogens is 625 g/mol. The van der Waals surface area contributed by atoms with Gasteiger partial charge >= 0.3 is 0 Å². The molecule has 4 nitrogen and oxygen atoms in total. The maximum atomic E-state index is 6.84. The van der Waals surface area contributed by atoms with Crippen LogP contribution in [0.1, 0.15) is 23.1 Å². The number of anilines is 1. The van der Waals surface area contributed by atoms with Gasteiger partial charge in [-0.25, -0.2) is 0 Å². The van der Waals surface area contributed by atoms with Crippen molar-refractivity contribution in [3.63, 3.8) is 0 Å². The van der Waals surface area contributed by atoms with Gasteiger partial charge in [0.2, 0.25) is 0 Å². The number of nitrogen functional groups attached to an aromatic ring is 1. The molecule has 10 rings (SSSR count). The summed E-state index contributed by atoms with van der Waals surface area (Å²) in [4.78, 5) is 0. The van der Waals surface area contributed by atoms with Crippen LogP contribution in [-0.2, 0) is 13.0 Å². The highest BCUT2D eigenvalue weighted by Crippen LogP contribution is 2.45. The van der Waals surface area contributed by atoms with E-state index in [-0.39, 0.29) is 0 Å². The molecular formula is C47H34N2O2. The molecule has 1 aliphatic rings. The molecule has 244 valence electrons. The van der Waals surface area contributed by atoms with Gasteiger partial charge in [0, 0.05) is 27.4 Å². The number of ether oxygens (including phenoxy) is 1. The van der Waals surface area contributed by atoms with Gasteiger partial charge in [0.15, 0.2) is 5.75 Å². The Morgan fingerprint density at radius 3 is 2.08 bits per heavy atom. The van der Waals surface area contributed by atoms with Crippen molar-refractivity contribution in [1.82, 2.24) is 4.57 Å². The molecule has 0 aliphatic heterocycles. The van der Waals surface area contributed by atoms with Gasteiger partial charge in [0.05, 0.1) is 22.1 Å². The average Bonchev–Trinajstić information content (AvgIpc) is 3.74. The number of para-hydroxylation sites is 3. The van der Waals surface area contributed by atoms with Crippen LogP contribution in [0.2, 0.25) is 0 Å². The van der Waals surface area contributed by atoms with Crippen LogP contribution in [0.15, 0.2) is 156 Å². The van der Waals surface area contributed by atoms with Gasteiger partial charge in [-0.3, -0.25) is 0 Å². The molecule has 0 spiro atoms. The Labute approximate surface area is 295 Å². The van der Waals surface area contributed by atoms with E-state index in [1.165, 1.54) is 44.1 Å². The summed E-state index contributed by atoms with van der Waals surface area (Å²) < 4.78 is 15.5. The first kappa shape index (κ1) is 29.4. The molecule has 0 fully saturated rings. The molecule has 0 saturated heterocycles. The summed E-state index contributed by atoms with van der Waals surface area (Å²) in [6.45, 7) is 0.371. The zero-order valence-corrected chi connectivity index (χ0v) is 28.0. The zero-order valence-electron chi connectivity index (χ0n) is 28.0. The number of fused-ring (bicyclic) bond motifs is 7. The lowest BCUT2D eigenvalue weighted by Crippen LogP contribution is -2.01. The smallest absolute Gasteiger partial charge is 0.154 e. The van der Waals surface area contributed by atoms with Crippen molar-refractivity contribution < 1.29 is 9.15 Å². The maximum absolute atomic E-state index is 6.84. The fourth-order valence-corrected chi connectivity index (χ4v) is 7.81. The fourth-order valence-electron chi connectivity index (χ4n) is 7.81. The molecule has 0 bridgehead atoms. The summed E-state index contributed by atoms with van der Waals surface area (Å²) in [5.41, 5.74) is 20.7. The van der Waals surface area contributed by atoms with Gasteiger partial charge in [-0.1, -0.05) is 115 Å². The van der Waals surface area contributed by atoms with Crippen LogP contribution >= 0.6 is 0 Å². The second kappa shape index (κ2) is 11.8. The lowest BCUT2D eigenvalue weighted by atomic mass is 9.92. The van der Waals surface area contributed by atoms with E-state index >= 15 is 0 Å². The molecule has 2 heterocycles. The standard InChI is InChI=1S/C47H34N2O2/c48-41-28-40(33-22-19-32(20-23-33)35-24-21-31-9-1-2-10-34(31)27-35)46-45(39-13-5-8-16-44(39)51-46)47(41)50-29-30-17-25-36(26-18-30)49-42-14-6-3-11-37(42)38-12-4-7-15-43(38)49/h2-8,10-28H,1,9,29,48H2. The van der Waals surface area contributed by atoms with Crippen LogP contribution in [0.3, 0.4) is 0 Å². The third-order valence-corrected chi connectivity index (χ3v) is 10.3. The number of nitrogens with zero attached hydrogens (tertiary/aromatic N) is 1. The number of nitrogens with two attached hydrogens (primary N) is 1. The van der Waals surface area contributed by atoms with Crippen LogP contribution in [0.25, 0.3) is 77.8 Å². The predicted octanol–water partition coefficient (Wildman–Crippen LogP) is 12.1. The van der Waals surface area contributed by atoms with E-state index in [4.69, 9.17) is 14.9 Å². The summed E-state index contributed by atoms with van der Waals surface area (Å²) in [6.07, 6.45) is 6.72. The Morgan fingerprint density at radius 2 is 1.31 bits per heavy atom. The first-order valence-corrected chi connectivity index (χ1v) is 17.5. The minimum Gasteiger partial charge on any atom is -0.486 e. The summed E-state index contributed by atoms with van der Waals surface area (Å²) in [5, 5.41) is 4.38. The molecule has 7 aromatic carbocycles. The highest BCUT2D eigenvalue weighted by molar-refractivity contribution is 6.15. The number of allylic oxidation sites excluding steroid dienone is 1. The number of benzene rings is 7. The van der Waals surface area contributed by atoms with Crippen molar-refractivity contribution in [2.45, 2.75) is 19.4 Å². The molecule has 2 N–H and O–H groups in total. The number of rotatable bonds is 6. The van der Waals surface area contributed by atoms with E-state index in [1.807, 2.05) is 24.3 Å². The van der Waals surface area contributed by atoms with E-state index in [0.717, 1.165) is 57.2 Å². The zero-order chi connectivity index (χ0) is 33.9. The largest absolute Gasteiger partial charge is 0.486 e. The van der Waals surface area contributed by atoms with Gasteiger partial charge in [-0.15, -0.1) is 0 Å². The fraction of sp³-hybridized carbons (Fsp3) is 0.0638. The lowest BCUT2D eigenvalue weighted by Gasteiger charge is -2.14. The van der Waals surface area contributed by atoms with Crippen LogP contribution in [0, 0.1) is 0 Å². The lowest BCUT2D eigenvalue weighted by molar-refractivity contribution is 0.312. The molecule has 1 aliphatic carbocycles. The Bertz CT molecular complexity index is 2750. The van der Waals surface area contributed by atoms with Crippen molar-refractivity contribution in [2.24, 2.45) is 0 Å². The average molecular weight is 659 g/mol. The normalized spacial score (nSPS) is 12.6. The number of hydrogen-bond donors (Lipinski definition) is 1. The van der Waals surface area contributed by atoms with Gasteiger partial charge in [-0.2, -0.15) is 0 Å². The van der Waals surface area contributed by atoms with Crippen molar-refractivity contribution in [3.8, 4) is 33.7 Å². The first-order valence-electron chi connectivity index (χ1n) is 17.5. The molecule has 51 heavy (non-hydrogen) atoms. The van der Waals surface area contributed by atoms with Gasteiger partial charge in [0.25, 0.3) is 0 Å². The molecule has 0 unspecified atom stereocenters. The van der Waals surface area contributed by atoms with Gasteiger partial charge < -0.3 is 19.5 Å². The highest BCUT2D eigenvalue weighted by Gasteiger charge is 2.21. The predicted molar refractivity (Wildman–Crippen MR) is 211 cm³/mol. The highest BCUT2D eigenvalue weighted by atomic mass is 16.5. The summed E-state index contributed by atoms with van der Waals surface area (Å²) in [6, 6.07) is 51.3. The molecule has 4 heteroatoms. The van der Waals surface area contributed by atoms with E-state index in [1.54, 1.807) is 0 Å². The topological polar surface area (TPSA) is 53.3 Å². The Morgan fingerprint density at radius 1 is 0.647 bits per heavy atom. The van der Waals surface area contributed by atoms with E-state index in [9.17, 15) is 0 Å². The van der Waals surface area contributed by atoms with Crippen molar-refractivity contribution in [1.29, 1.82) is 0 Å². The molecule has 0 radical (unpaired) electrons.